The molecule has 32 heavy (non-hydrogen) atoms. The summed E-state index contributed by atoms with van der Waals surface area (Å²) in [6, 6.07) is 11.2. The van der Waals surface area contributed by atoms with Crippen LogP contribution in [-0.4, -0.2) is 24.2 Å². The summed E-state index contributed by atoms with van der Waals surface area (Å²) in [5.74, 6) is 0.310. The third-order valence-corrected chi connectivity index (χ3v) is 5.49. The second-order valence-electron chi connectivity index (χ2n) is 8.08. The molecule has 6 nitrogen and oxygen atoms in total. The van der Waals surface area contributed by atoms with Crippen molar-refractivity contribution in [1.29, 1.82) is 0 Å². The smallest absolute Gasteiger partial charge is 0.344 e. The van der Waals surface area contributed by atoms with Crippen molar-refractivity contribution in [3.05, 3.63) is 58.6 Å². The van der Waals surface area contributed by atoms with Crippen LogP contribution in [0.25, 0.3) is 22.1 Å². The molecule has 1 aromatic carbocycles. The number of benzene rings is 1. The van der Waals surface area contributed by atoms with Crippen LogP contribution >= 0.6 is 0 Å². The zero-order valence-corrected chi connectivity index (χ0v) is 19.1. The van der Waals surface area contributed by atoms with Gasteiger partial charge < -0.3 is 13.9 Å². The van der Waals surface area contributed by atoms with Gasteiger partial charge in [0.1, 0.15) is 5.58 Å². The van der Waals surface area contributed by atoms with Gasteiger partial charge in [-0.15, -0.1) is 0 Å². The quantitative estimate of drug-likeness (QED) is 0.283. The molecule has 2 aromatic heterocycles. The first-order valence-electron chi connectivity index (χ1n) is 11.3. The Labute approximate surface area is 188 Å². The number of carbonyl (C=O) groups excluding carboxylic acids is 1. The highest BCUT2D eigenvalue weighted by molar-refractivity contribution is 5.85. The van der Waals surface area contributed by atoms with E-state index in [4.69, 9.17) is 13.9 Å². The minimum Gasteiger partial charge on any atom is -0.477 e. The zero-order valence-electron chi connectivity index (χ0n) is 19.1. The summed E-state index contributed by atoms with van der Waals surface area (Å²) in [5.41, 5.74) is 2.45. The SMILES string of the molecule is CCC(C)C(=O)OCCCCCCOc1nccc2oc(=O)c(-c3cccc(C)c3)cc12. The summed E-state index contributed by atoms with van der Waals surface area (Å²) in [7, 11) is 0. The highest BCUT2D eigenvalue weighted by atomic mass is 16.5. The molecule has 1 atom stereocenters. The maximum absolute atomic E-state index is 12.5. The molecule has 6 heteroatoms. The Bertz CT molecular complexity index is 1100. The number of hydrogen-bond donors (Lipinski definition) is 0. The predicted octanol–water partition coefficient (Wildman–Crippen LogP) is 5.69. The van der Waals surface area contributed by atoms with E-state index in [9.17, 15) is 9.59 Å². The Morgan fingerprint density at radius 3 is 2.62 bits per heavy atom. The molecule has 0 saturated carbocycles. The average Bonchev–Trinajstić information content (AvgIpc) is 2.79. The van der Waals surface area contributed by atoms with E-state index in [1.54, 1.807) is 18.3 Å². The van der Waals surface area contributed by atoms with Crippen LogP contribution in [-0.2, 0) is 9.53 Å². The fourth-order valence-corrected chi connectivity index (χ4v) is 3.35. The Balaban J connectivity index is 1.55. The van der Waals surface area contributed by atoms with E-state index >= 15 is 0 Å². The van der Waals surface area contributed by atoms with Crippen molar-refractivity contribution in [2.75, 3.05) is 13.2 Å². The van der Waals surface area contributed by atoms with E-state index in [0.717, 1.165) is 43.2 Å². The summed E-state index contributed by atoms with van der Waals surface area (Å²) >= 11 is 0. The van der Waals surface area contributed by atoms with Crippen LogP contribution in [0.1, 0.15) is 51.5 Å². The van der Waals surface area contributed by atoms with E-state index < -0.39 is 0 Å². The van der Waals surface area contributed by atoms with Crippen LogP contribution in [0, 0.1) is 12.8 Å². The van der Waals surface area contributed by atoms with E-state index in [1.807, 2.05) is 45.0 Å². The second-order valence-corrected chi connectivity index (χ2v) is 8.08. The van der Waals surface area contributed by atoms with Crippen LogP contribution in [0.15, 0.2) is 51.8 Å². The van der Waals surface area contributed by atoms with Gasteiger partial charge in [-0.2, -0.15) is 0 Å². The lowest BCUT2D eigenvalue weighted by molar-refractivity contribution is -0.148. The first-order chi connectivity index (χ1) is 15.5. The van der Waals surface area contributed by atoms with Gasteiger partial charge in [0.15, 0.2) is 0 Å². The van der Waals surface area contributed by atoms with Crippen LogP contribution in [0.5, 0.6) is 5.88 Å². The second kappa shape index (κ2) is 11.5. The Kier molecular flexibility index (Phi) is 8.42. The Hall–Kier alpha value is -3.15. The molecule has 2 heterocycles. The number of hydrogen-bond acceptors (Lipinski definition) is 6. The van der Waals surface area contributed by atoms with Crippen LogP contribution in [0.4, 0.5) is 0 Å². The van der Waals surface area contributed by atoms with Gasteiger partial charge in [-0.05, 0) is 50.7 Å². The zero-order chi connectivity index (χ0) is 22.9. The molecule has 0 amide bonds. The fourth-order valence-electron chi connectivity index (χ4n) is 3.35. The Morgan fingerprint density at radius 2 is 1.88 bits per heavy atom. The number of fused-ring (bicyclic) bond motifs is 1. The van der Waals surface area contributed by atoms with Crippen molar-refractivity contribution >= 4 is 16.9 Å². The van der Waals surface area contributed by atoms with Crippen molar-refractivity contribution in [2.24, 2.45) is 5.92 Å². The molecule has 0 saturated heterocycles. The topological polar surface area (TPSA) is 78.6 Å². The lowest BCUT2D eigenvalue weighted by atomic mass is 10.0. The van der Waals surface area contributed by atoms with Crippen molar-refractivity contribution in [2.45, 2.75) is 52.9 Å². The summed E-state index contributed by atoms with van der Waals surface area (Å²) in [5, 5.41) is 0.681. The number of esters is 1. The molecule has 0 fully saturated rings. The van der Waals surface area contributed by atoms with E-state index in [-0.39, 0.29) is 17.5 Å². The monoisotopic (exact) mass is 437 g/mol. The van der Waals surface area contributed by atoms with Gasteiger partial charge in [0.25, 0.3) is 0 Å². The third kappa shape index (κ3) is 6.19. The summed E-state index contributed by atoms with van der Waals surface area (Å²) in [6.07, 6.45) is 6.02. The van der Waals surface area contributed by atoms with E-state index in [2.05, 4.69) is 4.98 Å². The standard InChI is InChI=1S/C26H31NO5/c1-4-19(3)25(28)31-15-8-6-5-7-14-30-24-22-17-21(20-11-9-10-18(2)16-20)26(29)32-23(22)12-13-27-24/h9-13,16-17,19H,4-8,14-15H2,1-3H3. The number of carbonyl (C=O) groups is 1. The number of aryl methyl sites for hydroxylation is 1. The van der Waals surface area contributed by atoms with Crippen LogP contribution in [0.2, 0.25) is 0 Å². The lowest BCUT2D eigenvalue weighted by Gasteiger charge is -2.10. The van der Waals surface area contributed by atoms with Crippen molar-refractivity contribution in [1.82, 2.24) is 4.98 Å². The third-order valence-electron chi connectivity index (χ3n) is 5.49. The molecule has 0 aliphatic carbocycles. The molecule has 170 valence electrons. The van der Waals surface area contributed by atoms with Gasteiger partial charge in [0.2, 0.25) is 5.88 Å². The molecule has 3 rings (SSSR count). The van der Waals surface area contributed by atoms with Crippen molar-refractivity contribution < 1.29 is 18.7 Å². The molecule has 0 spiro atoms. The highest BCUT2D eigenvalue weighted by Gasteiger charge is 2.13. The van der Waals surface area contributed by atoms with Crippen molar-refractivity contribution in [3.8, 4) is 17.0 Å². The molecular formula is C26H31NO5. The van der Waals surface area contributed by atoms with Gasteiger partial charge in [0.05, 0.1) is 30.1 Å². The molecule has 0 aliphatic rings. The highest BCUT2D eigenvalue weighted by Crippen LogP contribution is 2.27. The molecule has 0 N–H and O–H groups in total. The molecule has 0 bridgehead atoms. The van der Waals surface area contributed by atoms with E-state index in [0.29, 0.717) is 35.6 Å². The average molecular weight is 438 g/mol. The number of nitrogens with zero attached hydrogens (tertiary/aromatic N) is 1. The van der Waals surface area contributed by atoms with Gasteiger partial charge >= 0.3 is 11.6 Å². The van der Waals surface area contributed by atoms with Gasteiger partial charge in [0, 0.05) is 12.3 Å². The number of aromatic nitrogens is 1. The number of rotatable bonds is 11. The lowest BCUT2D eigenvalue weighted by Crippen LogP contribution is -2.14. The fraction of sp³-hybridized carbons (Fsp3) is 0.423. The van der Waals surface area contributed by atoms with Gasteiger partial charge in [-0.3, -0.25) is 4.79 Å². The first kappa shape index (κ1) is 23.5. The first-order valence-corrected chi connectivity index (χ1v) is 11.3. The predicted molar refractivity (Wildman–Crippen MR) is 125 cm³/mol. The van der Waals surface area contributed by atoms with Crippen molar-refractivity contribution in [3.63, 3.8) is 0 Å². The molecule has 0 radical (unpaired) electrons. The maximum atomic E-state index is 12.5. The van der Waals surface area contributed by atoms with Crippen LogP contribution < -0.4 is 10.4 Å². The largest absolute Gasteiger partial charge is 0.477 e. The normalized spacial score (nSPS) is 12.0. The number of pyridine rings is 1. The van der Waals surface area contributed by atoms with Crippen LogP contribution in [0.3, 0.4) is 0 Å². The maximum Gasteiger partial charge on any atom is 0.344 e. The Morgan fingerprint density at radius 1 is 1.09 bits per heavy atom. The minimum atomic E-state index is -0.380. The molecular weight excluding hydrogens is 406 g/mol. The molecule has 3 aromatic rings. The summed E-state index contributed by atoms with van der Waals surface area (Å²) in [4.78, 5) is 28.5. The summed E-state index contributed by atoms with van der Waals surface area (Å²) in [6.45, 7) is 6.83. The molecule has 0 aliphatic heterocycles. The minimum absolute atomic E-state index is 0.0348. The summed E-state index contributed by atoms with van der Waals surface area (Å²) < 4.78 is 16.7. The van der Waals surface area contributed by atoms with Gasteiger partial charge in [-0.25, -0.2) is 9.78 Å². The molecule has 1 unspecified atom stereocenters. The van der Waals surface area contributed by atoms with E-state index in [1.165, 1.54) is 0 Å². The van der Waals surface area contributed by atoms with Gasteiger partial charge in [-0.1, -0.05) is 43.7 Å². The number of ether oxygens (including phenoxy) is 2. The number of unbranched alkanes of at least 4 members (excludes halogenated alkanes) is 3.